The van der Waals surface area contributed by atoms with Crippen LogP contribution in [0.1, 0.15) is 41.1 Å². The van der Waals surface area contributed by atoms with Crippen molar-refractivity contribution in [2.75, 3.05) is 41.8 Å². The van der Waals surface area contributed by atoms with E-state index in [9.17, 15) is 9.59 Å². The molecular formula is C34H34N8O3S. The number of rotatable bonds is 6. The number of ether oxygens (including phenoxy) is 1. The number of hydrogen-bond acceptors (Lipinski definition) is 10. The normalized spacial score (nSPS) is 16.3. The summed E-state index contributed by atoms with van der Waals surface area (Å²) in [7, 11) is 0. The number of carbonyl (C=O) groups excluding carboxylic acids is 2. The quantitative estimate of drug-likeness (QED) is 0.268. The van der Waals surface area contributed by atoms with Crippen molar-refractivity contribution in [3.63, 3.8) is 0 Å². The number of nitrogens with one attached hydrogen (secondary N) is 1. The van der Waals surface area contributed by atoms with Crippen molar-refractivity contribution in [2.45, 2.75) is 39.3 Å². The molecule has 12 heteroatoms. The van der Waals surface area contributed by atoms with E-state index in [1.807, 2.05) is 23.1 Å². The molecule has 0 unspecified atom stereocenters. The van der Waals surface area contributed by atoms with Gasteiger partial charge in [0.1, 0.15) is 0 Å². The van der Waals surface area contributed by atoms with Crippen molar-refractivity contribution in [2.24, 2.45) is 0 Å². The summed E-state index contributed by atoms with van der Waals surface area (Å²) in [5.74, 6) is 1.33. The number of morpholine rings is 1. The molecule has 1 atom stereocenters. The van der Waals surface area contributed by atoms with Gasteiger partial charge in [-0.2, -0.15) is 0 Å². The zero-order chi connectivity index (χ0) is 31.8. The summed E-state index contributed by atoms with van der Waals surface area (Å²) in [6.45, 7) is 6.72. The van der Waals surface area contributed by atoms with E-state index >= 15 is 0 Å². The number of nitrogens with zero attached hydrogens (tertiary/aromatic N) is 6. The van der Waals surface area contributed by atoms with Gasteiger partial charge in [-0.25, -0.2) is 19.9 Å². The minimum absolute atomic E-state index is 0.0757. The lowest BCUT2D eigenvalue weighted by Crippen LogP contribution is -2.40. The van der Waals surface area contributed by atoms with E-state index in [1.54, 1.807) is 19.3 Å². The second-order valence-corrected chi connectivity index (χ2v) is 12.7. The highest BCUT2D eigenvalue weighted by atomic mass is 32.1. The van der Waals surface area contributed by atoms with E-state index < -0.39 is 0 Å². The van der Waals surface area contributed by atoms with Crippen molar-refractivity contribution in [1.82, 2.24) is 25.3 Å². The van der Waals surface area contributed by atoms with Crippen molar-refractivity contribution in [3.05, 3.63) is 76.9 Å². The monoisotopic (exact) mass is 634 g/mol. The highest BCUT2D eigenvalue weighted by Gasteiger charge is 2.26. The van der Waals surface area contributed by atoms with Crippen LogP contribution in [0.25, 0.3) is 32.7 Å². The third-order valence-electron chi connectivity index (χ3n) is 8.51. The third-order valence-corrected chi connectivity index (χ3v) is 9.63. The first-order valence-corrected chi connectivity index (χ1v) is 16.2. The van der Waals surface area contributed by atoms with Gasteiger partial charge >= 0.3 is 0 Å². The number of anilines is 3. The Morgan fingerprint density at radius 1 is 1.00 bits per heavy atom. The molecule has 3 N–H and O–H groups in total. The van der Waals surface area contributed by atoms with Crippen molar-refractivity contribution in [3.8, 4) is 22.5 Å². The minimum atomic E-state index is -0.170. The fourth-order valence-electron chi connectivity index (χ4n) is 6.09. The molecule has 2 aliphatic heterocycles. The molecule has 0 radical (unpaired) electrons. The predicted molar refractivity (Wildman–Crippen MR) is 180 cm³/mol. The zero-order valence-electron chi connectivity index (χ0n) is 25.7. The Morgan fingerprint density at radius 3 is 2.48 bits per heavy atom. The van der Waals surface area contributed by atoms with E-state index in [4.69, 9.17) is 20.4 Å². The molecule has 0 bridgehead atoms. The molecule has 2 aliphatic rings. The maximum atomic E-state index is 13.3. The molecule has 0 saturated carbocycles. The van der Waals surface area contributed by atoms with E-state index in [-0.39, 0.29) is 23.8 Å². The Hall–Kier alpha value is -4.94. The van der Waals surface area contributed by atoms with Crippen LogP contribution in [0.3, 0.4) is 0 Å². The van der Waals surface area contributed by atoms with Crippen LogP contribution in [0.15, 0.2) is 60.9 Å². The maximum Gasteiger partial charge on any atom is 0.261 e. The lowest BCUT2D eigenvalue weighted by Gasteiger charge is -2.34. The standard InChI is InChI=1S/C34H34N8O3S/c1-20-3-6-25-15-24(9-10-28(25)42(20)21(2)43)23-7-4-22(5-8-23)17-36-33(44)29-16-27-30(46-29)32(41-11-13-45-14-12-41)40-31(39-27)26-18-37-34(35)38-19-26/h4-5,7-10,15-16,18-20H,3,6,11-14,17H2,1-2H3,(H,36,44)(H2,35,37,38)/t20-/m0/s1. The molecule has 1 fully saturated rings. The number of aryl methyl sites for hydroxylation is 1. The Balaban J connectivity index is 1.08. The number of hydrogen-bond donors (Lipinski definition) is 2. The number of carbonyl (C=O) groups is 2. The summed E-state index contributed by atoms with van der Waals surface area (Å²) < 4.78 is 6.41. The summed E-state index contributed by atoms with van der Waals surface area (Å²) in [4.78, 5) is 48.0. The van der Waals surface area contributed by atoms with Crippen LogP contribution in [-0.2, 0) is 22.5 Å². The van der Waals surface area contributed by atoms with Gasteiger partial charge in [0.15, 0.2) is 11.6 Å². The van der Waals surface area contributed by atoms with Crippen LogP contribution in [-0.4, -0.2) is 64.1 Å². The van der Waals surface area contributed by atoms with E-state index in [0.717, 1.165) is 45.7 Å². The number of fused-ring (bicyclic) bond motifs is 2. The summed E-state index contributed by atoms with van der Waals surface area (Å²) in [6.07, 6.45) is 5.11. The van der Waals surface area contributed by atoms with Crippen LogP contribution in [0.4, 0.5) is 17.5 Å². The van der Waals surface area contributed by atoms with E-state index in [0.29, 0.717) is 54.6 Å². The average Bonchev–Trinajstić information content (AvgIpc) is 3.52. The minimum Gasteiger partial charge on any atom is -0.378 e. The van der Waals surface area contributed by atoms with E-state index in [1.165, 1.54) is 16.9 Å². The summed E-state index contributed by atoms with van der Waals surface area (Å²) in [5.41, 5.74) is 12.4. The highest BCUT2D eigenvalue weighted by molar-refractivity contribution is 7.21. The number of benzene rings is 2. The van der Waals surface area contributed by atoms with Crippen molar-refractivity contribution in [1.29, 1.82) is 0 Å². The van der Waals surface area contributed by atoms with Gasteiger partial charge in [0.2, 0.25) is 11.9 Å². The second kappa shape index (κ2) is 12.5. The molecule has 0 spiro atoms. The first-order chi connectivity index (χ1) is 22.3. The van der Waals surface area contributed by atoms with Crippen LogP contribution < -0.4 is 20.9 Å². The first-order valence-electron chi connectivity index (χ1n) is 15.4. The SMILES string of the molecule is CC(=O)N1c2ccc(-c3ccc(CNC(=O)c4cc5nc(-c6cnc(N)nc6)nc(N6CCOCC6)c5s4)cc3)cc2CC[C@@H]1C. The Labute approximate surface area is 270 Å². The van der Waals surface area contributed by atoms with Crippen molar-refractivity contribution >= 4 is 50.8 Å². The van der Waals surface area contributed by atoms with Gasteiger partial charge in [-0.1, -0.05) is 30.3 Å². The summed E-state index contributed by atoms with van der Waals surface area (Å²) in [6, 6.07) is 16.6. The lowest BCUT2D eigenvalue weighted by atomic mass is 9.93. The van der Waals surface area contributed by atoms with Crippen LogP contribution >= 0.6 is 11.3 Å². The topological polar surface area (TPSA) is 139 Å². The molecule has 3 aromatic heterocycles. The van der Waals surface area contributed by atoms with Gasteiger partial charge in [0, 0.05) is 50.7 Å². The largest absolute Gasteiger partial charge is 0.378 e. The molecule has 2 amide bonds. The molecule has 234 valence electrons. The predicted octanol–water partition coefficient (Wildman–Crippen LogP) is 4.85. The first kappa shape index (κ1) is 29.8. The molecule has 1 saturated heterocycles. The number of amides is 2. The summed E-state index contributed by atoms with van der Waals surface area (Å²) >= 11 is 1.38. The molecule has 7 rings (SSSR count). The molecule has 2 aromatic carbocycles. The molecule has 11 nitrogen and oxygen atoms in total. The van der Waals surface area contributed by atoms with Gasteiger partial charge in [-0.05, 0) is 60.2 Å². The van der Waals surface area contributed by atoms with Crippen LogP contribution in [0.5, 0.6) is 0 Å². The smallest absolute Gasteiger partial charge is 0.261 e. The van der Waals surface area contributed by atoms with Crippen LogP contribution in [0, 0.1) is 0 Å². The Kier molecular flexibility index (Phi) is 8.05. The van der Waals surface area contributed by atoms with Gasteiger partial charge in [0.05, 0.1) is 33.9 Å². The van der Waals surface area contributed by atoms with E-state index in [2.05, 4.69) is 57.4 Å². The fraction of sp³-hybridized carbons (Fsp3) is 0.294. The van der Waals surface area contributed by atoms with Gasteiger partial charge in [-0.3, -0.25) is 9.59 Å². The molecule has 46 heavy (non-hydrogen) atoms. The van der Waals surface area contributed by atoms with Gasteiger partial charge < -0.3 is 25.6 Å². The summed E-state index contributed by atoms with van der Waals surface area (Å²) in [5, 5.41) is 3.07. The number of aromatic nitrogens is 4. The highest BCUT2D eigenvalue weighted by Crippen LogP contribution is 2.36. The van der Waals surface area contributed by atoms with Crippen molar-refractivity contribution < 1.29 is 14.3 Å². The fourth-order valence-corrected chi connectivity index (χ4v) is 7.13. The third kappa shape index (κ3) is 5.88. The molecule has 5 aromatic rings. The molecule has 5 heterocycles. The van der Waals surface area contributed by atoms with Crippen LogP contribution in [0.2, 0.25) is 0 Å². The number of nitrogen functional groups attached to an aromatic ring is 1. The Bertz CT molecular complexity index is 1920. The zero-order valence-corrected chi connectivity index (χ0v) is 26.5. The lowest BCUT2D eigenvalue weighted by molar-refractivity contribution is -0.117. The number of thiophene rings is 1. The average molecular weight is 635 g/mol. The molecular weight excluding hydrogens is 600 g/mol. The number of nitrogens with two attached hydrogens (primary N) is 1. The second-order valence-electron chi connectivity index (χ2n) is 11.6. The maximum absolute atomic E-state index is 13.3. The van der Waals surface area contributed by atoms with Gasteiger partial charge in [0.25, 0.3) is 5.91 Å². The van der Waals surface area contributed by atoms with Gasteiger partial charge in [-0.15, -0.1) is 11.3 Å². The molecule has 0 aliphatic carbocycles. The Morgan fingerprint density at radius 2 is 1.74 bits per heavy atom.